The van der Waals surface area contributed by atoms with Gasteiger partial charge in [-0.05, 0) is 53.6 Å². The summed E-state index contributed by atoms with van der Waals surface area (Å²) in [7, 11) is 0. The summed E-state index contributed by atoms with van der Waals surface area (Å²) in [5.41, 5.74) is 8.34. The van der Waals surface area contributed by atoms with Gasteiger partial charge >= 0.3 is 5.91 Å². The second kappa shape index (κ2) is 9.65. The molecule has 1 N–H and O–H groups in total. The van der Waals surface area contributed by atoms with E-state index in [1.807, 2.05) is 60.7 Å². The summed E-state index contributed by atoms with van der Waals surface area (Å²) in [6, 6.07) is 33.2. The third-order valence-electron chi connectivity index (χ3n) is 5.35. The third-order valence-corrected chi connectivity index (χ3v) is 5.60. The number of carbonyl (C=O) groups is 1. The summed E-state index contributed by atoms with van der Waals surface area (Å²) in [6.07, 6.45) is 3.10. The molecule has 0 fully saturated rings. The Hall–Kier alpha value is -4.35. The minimum absolute atomic E-state index is 0.198. The number of benzene rings is 3. The van der Waals surface area contributed by atoms with Crippen LogP contribution in [0.5, 0.6) is 0 Å². The molecule has 3 aromatic carbocycles. The lowest BCUT2D eigenvalue weighted by Crippen LogP contribution is -2.16. The molecule has 2 aromatic heterocycles. The van der Waals surface area contributed by atoms with Crippen LogP contribution < -0.4 is 5.43 Å². The van der Waals surface area contributed by atoms with E-state index >= 15 is 0 Å². The monoisotopic (exact) mass is 465 g/mol. The van der Waals surface area contributed by atoms with Crippen LogP contribution in [0, 0.1) is 0 Å². The zero-order valence-corrected chi connectivity index (χ0v) is 18.8. The maximum atomic E-state index is 12.3. The second-order valence-electron chi connectivity index (χ2n) is 7.55. The van der Waals surface area contributed by atoms with Crippen molar-refractivity contribution < 1.29 is 9.21 Å². The summed E-state index contributed by atoms with van der Waals surface area (Å²) < 4.78 is 7.32. The highest BCUT2D eigenvalue weighted by Gasteiger charge is 2.19. The maximum Gasteiger partial charge on any atom is 0.307 e. The number of nitrogens with zero attached hydrogens (tertiary/aromatic N) is 2. The summed E-state index contributed by atoms with van der Waals surface area (Å²) >= 11 is 6.18. The molecule has 166 valence electrons. The fourth-order valence-corrected chi connectivity index (χ4v) is 3.95. The predicted molar refractivity (Wildman–Crippen MR) is 135 cm³/mol. The van der Waals surface area contributed by atoms with Crippen LogP contribution in [-0.4, -0.2) is 16.7 Å². The number of hydrogen-bond acceptors (Lipinski definition) is 3. The van der Waals surface area contributed by atoms with Gasteiger partial charge in [0.1, 0.15) is 0 Å². The van der Waals surface area contributed by atoms with Gasteiger partial charge in [0.15, 0.2) is 5.76 Å². The first-order valence-corrected chi connectivity index (χ1v) is 11.1. The topological polar surface area (TPSA) is 59.5 Å². The van der Waals surface area contributed by atoms with E-state index in [9.17, 15) is 4.79 Å². The van der Waals surface area contributed by atoms with Crippen molar-refractivity contribution in [2.45, 2.75) is 0 Å². The molecule has 0 atom stereocenters. The molecule has 5 nitrogen and oxygen atoms in total. The molecule has 5 aromatic rings. The largest absolute Gasteiger partial charge is 0.459 e. The molecule has 0 aliphatic rings. The van der Waals surface area contributed by atoms with Crippen molar-refractivity contribution in [1.82, 2.24) is 9.99 Å². The normalized spacial score (nSPS) is 11.1. The van der Waals surface area contributed by atoms with Gasteiger partial charge in [0, 0.05) is 16.3 Å². The molecule has 6 heteroatoms. The van der Waals surface area contributed by atoms with Crippen LogP contribution in [0.3, 0.4) is 0 Å². The molecule has 0 saturated heterocycles. The zero-order chi connectivity index (χ0) is 23.3. The van der Waals surface area contributed by atoms with E-state index in [0.717, 1.165) is 33.8 Å². The summed E-state index contributed by atoms with van der Waals surface area (Å²) in [5.74, 6) is -0.216. The fourth-order valence-electron chi connectivity index (χ4n) is 3.82. The minimum atomic E-state index is -0.414. The van der Waals surface area contributed by atoms with E-state index in [2.05, 4.69) is 45.4 Å². The standard InChI is InChI=1S/C28H20ClN3O2/c29-23-13-15-24(16-14-23)32-25(20-8-3-1-4-9-20)18-22(27(32)21-10-5-2-6-11-21)19-30-31-28(33)26-12-7-17-34-26/h1-19H,(H,31,33)/b30-19+. The van der Waals surface area contributed by atoms with Crippen molar-refractivity contribution in [1.29, 1.82) is 0 Å². The van der Waals surface area contributed by atoms with E-state index in [-0.39, 0.29) is 5.76 Å². The zero-order valence-electron chi connectivity index (χ0n) is 18.1. The van der Waals surface area contributed by atoms with Crippen LogP contribution in [0.25, 0.3) is 28.2 Å². The number of carbonyl (C=O) groups excluding carboxylic acids is 1. The molecule has 0 radical (unpaired) electrons. The molecule has 0 unspecified atom stereocenters. The first kappa shape index (κ1) is 21.5. The van der Waals surface area contributed by atoms with Crippen LogP contribution in [0.1, 0.15) is 16.1 Å². The fraction of sp³-hybridized carbons (Fsp3) is 0. The van der Waals surface area contributed by atoms with Gasteiger partial charge in [-0.15, -0.1) is 0 Å². The molecule has 1 amide bonds. The number of amides is 1. The van der Waals surface area contributed by atoms with Crippen molar-refractivity contribution in [3.05, 3.63) is 126 Å². The number of nitrogens with one attached hydrogen (secondary N) is 1. The Morgan fingerprint density at radius 1 is 0.853 bits per heavy atom. The Labute approximate surface area is 201 Å². The first-order chi connectivity index (χ1) is 16.7. The van der Waals surface area contributed by atoms with Gasteiger partial charge in [-0.25, -0.2) is 5.43 Å². The first-order valence-electron chi connectivity index (χ1n) is 10.7. The maximum absolute atomic E-state index is 12.3. The number of aromatic nitrogens is 1. The molecule has 0 aliphatic heterocycles. The smallest absolute Gasteiger partial charge is 0.307 e. The van der Waals surface area contributed by atoms with Crippen LogP contribution >= 0.6 is 11.6 Å². The van der Waals surface area contributed by atoms with Gasteiger partial charge < -0.3 is 8.98 Å². The van der Waals surface area contributed by atoms with E-state index in [0.29, 0.717) is 5.02 Å². The second-order valence-corrected chi connectivity index (χ2v) is 7.99. The number of rotatable bonds is 6. The van der Waals surface area contributed by atoms with Gasteiger partial charge in [-0.1, -0.05) is 72.3 Å². The van der Waals surface area contributed by atoms with Crippen LogP contribution in [0.4, 0.5) is 0 Å². The predicted octanol–water partition coefficient (Wildman–Crippen LogP) is 6.82. The van der Waals surface area contributed by atoms with Crippen LogP contribution in [-0.2, 0) is 0 Å². The average Bonchev–Trinajstić information content (AvgIpc) is 3.54. The van der Waals surface area contributed by atoms with Gasteiger partial charge in [-0.3, -0.25) is 4.79 Å². The Morgan fingerprint density at radius 3 is 2.18 bits per heavy atom. The van der Waals surface area contributed by atoms with Crippen molar-refractivity contribution in [3.63, 3.8) is 0 Å². The van der Waals surface area contributed by atoms with Gasteiger partial charge in [-0.2, -0.15) is 5.10 Å². The Morgan fingerprint density at radius 2 is 1.53 bits per heavy atom. The highest BCUT2D eigenvalue weighted by molar-refractivity contribution is 6.30. The van der Waals surface area contributed by atoms with Crippen molar-refractivity contribution in [2.24, 2.45) is 5.10 Å². The Kier molecular flexibility index (Phi) is 6.10. The summed E-state index contributed by atoms with van der Waals surface area (Å²) in [5, 5.41) is 4.89. The summed E-state index contributed by atoms with van der Waals surface area (Å²) in [6.45, 7) is 0. The SMILES string of the molecule is O=C(N/N=C/c1cc(-c2ccccc2)n(-c2ccc(Cl)cc2)c1-c1ccccc1)c1ccco1. The minimum Gasteiger partial charge on any atom is -0.459 e. The molecule has 2 heterocycles. The van der Waals surface area contributed by atoms with Gasteiger partial charge in [0.05, 0.1) is 23.9 Å². The van der Waals surface area contributed by atoms with Crippen LogP contribution in [0.15, 0.2) is 119 Å². The Bertz CT molecular complexity index is 1420. The van der Waals surface area contributed by atoms with E-state index in [1.54, 1.807) is 18.3 Å². The van der Waals surface area contributed by atoms with E-state index in [1.165, 1.54) is 6.26 Å². The lowest BCUT2D eigenvalue weighted by Gasteiger charge is -2.15. The quantitative estimate of drug-likeness (QED) is 0.221. The van der Waals surface area contributed by atoms with Gasteiger partial charge in [0.25, 0.3) is 0 Å². The Balaban J connectivity index is 1.67. The average molecular weight is 466 g/mol. The highest BCUT2D eigenvalue weighted by atomic mass is 35.5. The van der Waals surface area contributed by atoms with E-state index in [4.69, 9.17) is 16.0 Å². The number of halogens is 1. The highest BCUT2D eigenvalue weighted by Crippen LogP contribution is 2.35. The molecule has 5 rings (SSSR count). The van der Waals surface area contributed by atoms with E-state index < -0.39 is 5.91 Å². The number of hydrogen-bond donors (Lipinski definition) is 1. The molecular weight excluding hydrogens is 446 g/mol. The molecule has 0 aliphatic carbocycles. The number of hydrazone groups is 1. The lowest BCUT2D eigenvalue weighted by molar-refractivity contribution is 0.0927. The molecular formula is C28H20ClN3O2. The third kappa shape index (κ3) is 4.42. The molecule has 34 heavy (non-hydrogen) atoms. The molecule has 0 bridgehead atoms. The van der Waals surface area contributed by atoms with Crippen molar-refractivity contribution in [2.75, 3.05) is 0 Å². The van der Waals surface area contributed by atoms with Crippen LogP contribution in [0.2, 0.25) is 5.02 Å². The van der Waals surface area contributed by atoms with Crippen molar-refractivity contribution in [3.8, 4) is 28.2 Å². The summed E-state index contributed by atoms with van der Waals surface area (Å²) in [4.78, 5) is 12.3. The number of furan rings is 1. The van der Waals surface area contributed by atoms with Crippen molar-refractivity contribution >= 4 is 23.7 Å². The lowest BCUT2D eigenvalue weighted by atomic mass is 10.1. The molecule has 0 spiro atoms. The molecule has 0 saturated carbocycles. The van der Waals surface area contributed by atoms with Gasteiger partial charge in [0.2, 0.25) is 0 Å².